The van der Waals surface area contributed by atoms with Crippen molar-refractivity contribution in [2.45, 2.75) is 61.9 Å². The van der Waals surface area contributed by atoms with E-state index in [-0.39, 0.29) is 6.04 Å². The Morgan fingerprint density at radius 3 is 2.40 bits per heavy atom. The number of nitrogens with zero attached hydrogens (tertiary/aromatic N) is 5. The van der Waals surface area contributed by atoms with Gasteiger partial charge >= 0.3 is 0 Å². The molecule has 0 N–H and O–H groups in total. The summed E-state index contributed by atoms with van der Waals surface area (Å²) in [6.07, 6.45) is 7.78. The first kappa shape index (κ1) is 25.2. The monoisotopic (exact) mass is 499 g/mol. The fourth-order valence-corrected chi connectivity index (χ4v) is 8.94. The first-order valence-corrected chi connectivity index (χ1v) is 15.1. The van der Waals surface area contributed by atoms with Gasteiger partial charge < -0.3 is 9.80 Å². The van der Waals surface area contributed by atoms with Crippen LogP contribution in [0.1, 0.15) is 50.5 Å². The van der Waals surface area contributed by atoms with Gasteiger partial charge in [0.15, 0.2) is 0 Å². The van der Waals surface area contributed by atoms with Crippen LogP contribution in [0, 0.1) is 23.2 Å². The average Bonchev–Trinajstić information content (AvgIpc) is 2.88. The SMILES string of the molecule is CN1CCN(CCCC[C@@H]2[C@H]3CCCN4CCC[C@@H](CN2S(=O)(=O)c2ccc(C#N)cc2)[C@@H]34)CC1. The molecule has 4 aliphatic rings. The summed E-state index contributed by atoms with van der Waals surface area (Å²) in [5.41, 5.74) is 0.498. The highest BCUT2D eigenvalue weighted by atomic mass is 32.2. The number of rotatable bonds is 7. The molecule has 4 fully saturated rings. The molecule has 0 aliphatic carbocycles. The molecule has 0 unspecified atom stereocenters. The van der Waals surface area contributed by atoms with Crippen molar-refractivity contribution in [1.82, 2.24) is 19.0 Å². The molecule has 1 aromatic rings. The van der Waals surface area contributed by atoms with Crippen LogP contribution in [0.15, 0.2) is 29.2 Å². The third-order valence-corrected chi connectivity index (χ3v) is 10.9. The van der Waals surface area contributed by atoms with E-state index in [2.05, 4.69) is 27.8 Å². The van der Waals surface area contributed by atoms with Crippen molar-refractivity contribution in [2.24, 2.45) is 11.8 Å². The Hall–Kier alpha value is -1.50. The van der Waals surface area contributed by atoms with Crippen molar-refractivity contribution in [1.29, 1.82) is 5.26 Å². The van der Waals surface area contributed by atoms with Crippen LogP contribution in [-0.4, -0.2) is 98.9 Å². The second-order valence-electron chi connectivity index (χ2n) is 11.2. The molecule has 0 saturated carbocycles. The van der Waals surface area contributed by atoms with Gasteiger partial charge in [-0.25, -0.2) is 8.42 Å². The molecule has 4 aliphatic heterocycles. The third kappa shape index (κ3) is 5.30. The minimum atomic E-state index is -3.60. The molecular formula is C27H41N5O2S. The van der Waals surface area contributed by atoms with Crippen LogP contribution < -0.4 is 0 Å². The third-order valence-electron chi connectivity index (χ3n) is 9.04. The Morgan fingerprint density at radius 2 is 1.69 bits per heavy atom. The second kappa shape index (κ2) is 10.9. The summed E-state index contributed by atoms with van der Waals surface area (Å²) in [5.74, 6) is 0.864. The minimum absolute atomic E-state index is 0.0743. The van der Waals surface area contributed by atoms with E-state index in [4.69, 9.17) is 5.26 Å². The van der Waals surface area contributed by atoms with Gasteiger partial charge in [0.05, 0.1) is 16.5 Å². The van der Waals surface area contributed by atoms with Crippen molar-refractivity contribution in [3.8, 4) is 6.07 Å². The highest BCUT2D eigenvalue weighted by Gasteiger charge is 2.51. The number of piperidine rings is 3. The van der Waals surface area contributed by atoms with Gasteiger partial charge in [0, 0.05) is 44.8 Å². The second-order valence-corrected chi connectivity index (χ2v) is 13.0. The van der Waals surface area contributed by atoms with Gasteiger partial charge in [-0.15, -0.1) is 0 Å². The molecule has 7 nitrogen and oxygen atoms in total. The maximum absolute atomic E-state index is 14.0. The van der Waals surface area contributed by atoms with E-state index in [0.29, 0.717) is 34.9 Å². The molecule has 8 heteroatoms. The van der Waals surface area contributed by atoms with E-state index < -0.39 is 10.0 Å². The molecule has 0 spiro atoms. The molecule has 35 heavy (non-hydrogen) atoms. The minimum Gasteiger partial charge on any atom is -0.304 e. The molecule has 1 aromatic carbocycles. The number of sulfonamides is 1. The Kier molecular flexibility index (Phi) is 7.81. The summed E-state index contributed by atoms with van der Waals surface area (Å²) in [7, 11) is -1.41. The zero-order valence-corrected chi connectivity index (χ0v) is 22.0. The molecule has 5 rings (SSSR count). The van der Waals surface area contributed by atoms with Crippen LogP contribution in [0.3, 0.4) is 0 Å². The smallest absolute Gasteiger partial charge is 0.243 e. The number of nitriles is 1. The Labute approximate surface area is 211 Å². The van der Waals surface area contributed by atoms with Gasteiger partial charge in [0.2, 0.25) is 10.0 Å². The molecule has 0 bridgehead atoms. The first-order valence-electron chi connectivity index (χ1n) is 13.6. The van der Waals surface area contributed by atoms with E-state index in [1.165, 1.54) is 25.9 Å². The van der Waals surface area contributed by atoms with E-state index in [9.17, 15) is 8.42 Å². The maximum Gasteiger partial charge on any atom is 0.243 e. The van der Waals surface area contributed by atoms with Crippen molar-refractivity contribution >= 4 is 10.0 Å². The van der Waals surface area contributed by atoms with Crippen molar-refractivity contribution in [2.75, 3.05) is 59.4 Å². The summed E-state index contributed by atoms with van der Waals surface area (Å²) in [6, 6.07) is 9.24. The van der Waals surface area contributed by atoms with Gasteiger partial charge in [0.1, 0.15) is 0 Å². The lowest BCUT2D eigenvalue weighted by molar-refractivity contribution is -0.0525. The van der Waals surface area contributed by atoms with E-state index in [1.54, 1.807) is 24.3 Å². The number of hydrogen-bond acceptors (Lipinski definition) is 6. The molecule has 0 amide bonds. The van der Waals surface area contributed by atoms with Crippen molar-refractivity contribution in [3.63, 3.8) is 0 Å². The predicted octanol–water partition coefficient (Wildman–Crippen LogP) is 2.84. The first-order chi connectivity index (χ1) is 17.0. The summed E-state index contributed by atoms with van der Waals surface area (Å²) < 4.78 is 29.8. The highest BCUT2D eigenvalue weighted by Crippen LogP contribution is 2.45. The normalized spacial score (nSPS) is 31.1. The number of piperazine rings is 1. The molecular weight excluding hydrogens is 458 g/mol. The van der Waals surface area contributed by atoms with Gasteiger partial charge in [-0.3, -0.25) is 4.90 Å². The molecule has 0 radical (unpaired) electrons. The Balaban J connectivity index is 1.33. The molecule has 4 saturated heterocycles. The van der Waals surface area contributed by atoms with Crippen molar-refractivity contribution < 1.29 is 8.42 Å². The van der Waals surface area contributed by atoms with Gasteiger partial charge in [-0.2, -0.15) is 9.57 Å². The quantitative estimate of drug-likeness (QED) is 0.538. The van der Waals surface area contributed by atoms with Gasteiger partial charge in [-0.05, 0) is 101 Å². The van der Waals surface area contributed by atoms with Crippen LogP contribution in [0.5, 0.6) is 0 Å². The highest BCUT2D eigenvalue weighted by molar-refractivity contribution is 7.89. The maximum atomic E-state index is 14.0. The summed E-state index contributed by atoms with van der Waals surface area (Å²) in [5, 5.41) is 9.16. The predicted molar refractivity (Wildman–Crippen MR) is 137 cm³/mol. The Morgan fingerprint density at radius 1 is 0.971 bits per heavy atom. The van der Waals surface area contributed by atoms with Crippen molar-refractivity contribution in [3.05, 3.63) is 29.8 Å². The average molecular weight is 500 g/mol. The largest absolute Gasteiger partial charge is 0.304 e. The van der Waals surface area contributed by atoms with E-state index in [0.717, 1.165) is 64.8 Å². The molecule has 0 aromatic heterocycles. The molecule has 4 heterocycles. The van der Waals surface area contributed by atoms with Crippen LogP contribution in [-0.2, 0) is 10.0 Å². The van der Waals surface area contributed by atoms with Gasteiger partial charge in [-0.1, -0.05) is 6.42 Å². The van der Waals surface area contributed by atoms with Gasteiger partial charge in [0.25, 0.3) is 0 Å². The number of benzene rings is 1. The van der Waals surface area contributed by atoms with E-state index in [1.807, 2.05) is 4.31 Å². The van der Waals surface area contributed by atoms with E-state index >= 15 is 0 Å². The molecule has 192 valence electrons. The summed E-state index contributed by atoms with van der Waals surface area (Å²) in [6.45, 7) is 8.67. The fraction of sp³-hybridized carbons (Fsp3) is 0.741. The lowest BCUT2D eigenvalue weighted by Crippen LogP contribution is -2.65. The summed E-state index contributed by atoms with van der Waals surface area (Å²) >= 11 is 0. The standard InChI is InChI=1S/C27H41N5O2S/c1-29-16-18-30(19-17-29)13-3-2-8-26-25-7-5-15-31-14-4-6-23(27(25)31)21-32(26)35(33,34)24-11-9-22(20-28)10-12-24/h9-12,23,25-27H,2-8,13-19,21H2,1H3/t23-,25+,26+,27-/m0/s1. The lowest BCUT2D eigenvalue weighted by Gasteiger charge is -2.57. The molecule has 4 atom stereocenters. The zero-order chi connectivity index (χ0) is 24.4. The summed E-state index contributed by atoms with van der Waals surface area (Å²) in [4.78, 5) is 7.97. The zero-order valence-electron chi connectivity index (χ0n) is 21.2. The Bertz CT molecular complexity index is 997. The topological polar surface area (TPSA) is 70.9 Å². The fourth-order valence-electron chi connectivity index (χ4n) is 7.19. The number of hydrogen-bond donors (Lipinski definition) is 0. The van der Waals surface area contributed by atoms with Crippen LogP contribution >= 0.6 is 0 Å². The van der Waals surface area contributed by atoms with Crippen LogP contribution in [0.25, 0.3) is 0 Å². The van der Waals surface area contributed by atoms with Crippen LogP contribution in [0.2, 0.25) is 0 Å². The van der Waals surface area contributed by atoms with Crippen LogP contribution in [0.4, 0.5) is 0 Å². The lowest BCUT2D eigenvalue weighted by atomic mass is 9.70. The number of likely N-dealkylation sites (N-methyl/N-ethyl adjacent to an activating group) is 1. The number of unbranched alkanes of at least 4 members (excludes halogenated alkanes) is 1.